The summed E-state index contributed by atoms with van der Waals surface area (Å²) in [6.45, 7) is 2.08. The van der Waals surface area contributed by atoms with Gasteiger partial charge >= 0.3 is 0 Å². The van der Waals surface area contributed by atoms with Gasteiger partial charge in [-0.3, -0.25) is 0 Å². The van der Waals surface area contributed by atoms with E-state index in [1.54, 1.807) is 0 Å². The summed E-state index contributed by atoms with van der Waals surface area (Å²) >= 11 is 7.47. The molecule has 1 aromatic rings. The minimum absolute atomic E-state index is 0.490. The highest BCUT2D eigenvalue weighted by Gasteiger charge is 2.24. The van der Waals surface area contributed by atoms with Crippen molar-refractivity contribution < 1.29 is 0 Å². The number of hydrogen-bond acceptors (Lipinski definition) is 4. The number of nitrogens with zero attached hydrogens (tertiary/aromatic N) is 2. The van der Waals surface area contributed by atoms with E-state index in [9.17, 15) is 0 Å². The number of anilines is 1. The lowest BCUT2D eigenvalue weighted by atomic mass is 9.86. The standard InChI is InChI=1S/C11H18ClN3S/c1-2-10-14-11(16-15-10)13-9-6-4-3-5-8(9)7-12/h8-9H,2-7H2,1H3,(H,13,14,15). The number of alkyl halides is 1. The van der Waals surface area contributed by atoms with Crippen LogP contribution >= 0.6 is 23.1 Å². The van der Waals surface area contributed by atoms with Crippen molar-refractivity contribution >= 4 is 28.3 Å². The van der Waals surface area contributed by atoms with E-state index in [1.807, 2.05) is 0 Å². The minimum Gasteiger partial charge on any atom is -0.357 e. The van der Waals surface area contributed by atoms with E-state index in [2.05, 4.69) is 21.6 Å². The molecule has 0 aromatic carbocycles. The second kappa shape index (κ2) is 5.82. The van der Waals surface area contributed by atoms with Gasteiger partial charge in [0.1, 0.15) is 5.82 Å². The fraction of sp³-hybridized carbons (Fsp3) is 0.818. The van der Waals surface area contributed by atoms with Crippen LogP contribution in [0.15, 0.2) is 0 Å². The second-order valence-corrected chi connectivity index (χ2v) is 5.38. The minimum atomic E-state index is 0.490. The molecule has 0 spiro atoms. The van der Waals surface area contributed by atoms with Crippen molar-refractivity contribution in [1.82, 2.24) is 9.36 Å². The van der Waals surface area contributed by atoms with Crippen molar-refractivity contribution in [2.45, 2.75) is 45.1 Å². The van der Waals surface area contributed by atoms with Crippen LogP contribution in [0.5, 0.6) is 0 Å². The predicted molar refractivity (Wildman–Crippen MR) is 69.4 cm³/mol. The number of aryl methyl sites for hydroxylation is 1. The number of rotatable bonds is 4. The fourth-order valence-electron chi connectivity index (χ4n) is 2.20. The molecule has 16 heavy (non-hydrogen) atoms. The van der Waals surface area contributed by atoms with Gasteiger partial charge in [-0.1, -0.05) is 19.8 Å². The van der Waals surface area contributed by atoms with E-state index in [0.717, 1.165) is 23.3 Å². The molecule has 5 heteroatoms. The summed E-state index contributed by atoms with van der Waals surface area (Å²) in [5.74, 6) is 2.27. The van der Waals surface area contributed by atoms with Crippen LogP contribution in [0.25, 0.3) is 0 Å². The number of halogens is 1. The molecule has 3 nitrogen and oxygen atoms in total. The maximum atomic E-state index is 6.00. The Bertz CT molecular complexity index is 329. The predicted octanol–water partition coefficient (Wildman–Crippen LogP) is 3.31. The van der Waals surface area contributed by atoms with E-state index in [4.69, 9.17) is 11.6 Å². The Morgan fingerprint density at radius 2 is 2.25 bits per heavy atom. The molecule has 0 saturated heterocycles. The van der Waals surface area contributed by atoms with Gasteiger partial charge in [0.2, 0.25) is 5.13 Å². The van der Waals surface area contributed by atoms with Gasteiger partial charge in [0.25, 0.3) is 0 Å². The number of nitrogens with one attached hydrogen (secondary N) is 1. The summed E-state index contributed by atoms with van der Waals surface area (Å²) in [5.41, 5.74) is 0. The zero-order chi connectivity index (χ0) is 11.4. The fourth-order valence-corrected chi connectivity index (χ4v) is 3.28. The Labute approximate surface area is 106 Å². The van der Waals surface area contributed by atoms with Crippen LogP contribution in [-0.4, -0.2) is 21.3 Å². The Morgan fingerprint density at radius 1 is 1.44 bits per heavy atom. The van der Waals surface area contributed by atoms with E-state index >= 15 is 0 Å². The van der Waals surface area contributed by atoms with Crippen molar-refractivity contribution in [3.63, 3.8) is 0 Å². The van der Waals surface area contributed by atoms with Gasteiger partial charge < -0.3 is 5.32 Å². The normalized spacial score (nSPS) is 25.6. The zero-order valence-electron chi connectivity index (χ0n) is 9.58. The molecule has 0 amide bonds. The molecule has 1 aliphatic rings. The van der Waals surface area contributed by atoms with Crippen molar-refractivity contribution in [1.29, 1.82) is 0 Å². The van der Waals surface area contributed by atoms with Crippen molar-refractivity contribution in [3.8, 4) is 0 Å². The van der Waals surface area contributed by atoms with Crippen molar-refractivity contribution in [2.24, 2.45) is 5.92 Å². The Hall–Kier alpha value is -0.350. The molecule has 1 aliphatic carbocycles. The topological polar surface area (TPSA) is 37.8 Å². The summed E-state index contributed by atoms with van der Waals surface area (Å²) in [6.07, 6.45) is 5.96. The average molecular weight is 260 g/mol. The largest absolute Gasteiger partial charge is 0.357 e. The van der Waals surface area contributed by atoms with E-state index in [0.29, 0.717) is 12.0 Å². The molecular formula is C11H18ClN3S. The number of aromatic nitrogens is 2. The maximum Gasteiger partial charge on any atom is 0.202 e. The SMILES string of the molecule is CCc1nsc(NC2CCCCC2CCl)n1. The van der Waals surface area contributed by atoms with Crippen LogP contribution in [0.4, 0.5) is 5.13 Å². The third kappa shape index (κ3) is 2.86. The summed E-state index contributed by atoms with van der Waals surface area (Å²) in [6, 6.07) is 0.490. The third-order valence-electron chi connectivity index (χ3n) is 3.20. The lowest BCUT2D eigenvalue weighted by Gasteiger charge is -2.30. The molecule has 1 saturated carbocycles. The van der Waals surface area contributed by atoms with Gasteiger partial charge in [0.15, 0.2) is 0 Å². The molecule has 1 N–H and O–H groups in total. The number of hydrogen-bond donors (Lipinski definition) is 1. The summed E-state index contributed by atoms with van der Waals surface area (Å²) < 4.78 is 4.29. The first kappa shape index (κ1) is 12.1. The molecule has 2 rings (SSSR count). The highest BCUT2D eigenvalue weighted by atomic mass is 35.5. The van der Waals surface area contributed by atoms with Gasteiger partial charge in [0, 0.05) is 29.9 Å². The zero-order valence-corrected chi connectivity index (χ0v) is 11.2. The monoisotopic (exact) mass is 259 g/mol. The second-order valence-electron chi connectivity index (χ2n) is 4.32. The van der Waals surface area contributed by atoms with Gasteiger partial charge in [-0.15, -0.1) is 11.6 Å². The molecule has 1 fully saturated rings. The molecular weight excluding hydrogens is 242 g/mol. The maximum absolute atomic E-state index is 6.00. The lowest BCUT2D eigenvalue weighted by Crippen LogP contribution is -2.33. The van der Waals surface area contributed by atoms with Crippen molar-refractivity contribution in [3.05, 3.63) is 5.82 Å². The van der Waals surface area contributed by atoms with Crippen molar-refractivity contribution in [2.75, 3.05) is 11.2 Å². The molecule has 0 aliphatic heterocycles. The first-order valence-corrected chi connectivity index (χ1v) is 7.29. The Morgan fingerprint density at radius 3 is 2.94 bits per heavy atom. The Balaban J connectivity index is 1.96. The summed E-state index contributed by atoms with van der Waals surface area (Å²) in [7, 11) is 0. The van der Waals surface area contributed by atoms with Crippen LogP contribution in [0.3, 0.4) is 0 Å². The van der Waals surface area contributed by atoms with Gasteiger partial charge in [-0.05, 0) is 18.8 Å². The van der Waals surface area contributed by atoms with Crippen LogP contribution < -0.4 is 5.32 Å². The van der Waals surface area contributed by atoms with Crippen LogP contribution in [0.1, 0.15) is 38.4 Å². The van der Waals surface area contributed by atoms with Crippen LogP contribution in [-0.2, 0) is 6.42 Å². The first-order chi connectivity index (χ1) is 7.83. The Kier molecular flexibility index (Phi) is 4.41. The summed E-state index contributed by atoms with van der Waals surface area (Å²) in [4.78, 5) is 4.44. The summed E-state index contributed by atoms with van der Waals surface area (Å²) in [5, 5.41) is 4.45. The molecule has 2 atom stereocenters. The highest BCUT2D eigenvalue weighted by molar-refractivity contribution is 7.09. The molecule has 90 valence electrons. The quantitative estimate of drug-likeness (QED) is 0.843. The molecule has 1 aromatic heterocycles. The van der Waals surface area contributed by atoms with Gasteiger partial charge in [0.05, 0.1) is 0 Å². The van der Waals surface area contributed by atoms with E-state index in [-0.39, 0.29) is 0 Å². The molecule has 0 bridgehead atoms. The van der Waals surface area contributed by atoms with Gasteiger partial charge in [-0.2, -0.15) is 4.37 Å². The molecule has 1 heterocycles. The van der Waals surface area contributed by atoms with E-state index < -0.39 is 0 Å². The van der Waals surface area contributed by atoms with Gasteiger partial charge in [-0.25, -0.2) is 4.98 Å². The molecule has 0 radical (unpaired) electrons. The van der Waals surface area contributed by atoms with Crippen LogP contribution in [0, 0.1) is 5.92 Å². The first-order valence-electron chi connectivity index (χ1n) is 5.98. The van der Waals surface area contributed by atoms with E-state index in [1.165, 1.54) is 37.2 Å². The molecule has 2 unspecified atom stereocenters. The average Bonchev–Trinajstić information content (AvgIpc) is 2.77. The van der Waals surface area contributed by atoms with Crippen LogP contribution in [0.2, 0.25) is 0 Å². The lowest BCUT2D eigenvalue weighted by molar-refractivity contribution is 0.353. The smallest absolute Gasteiger partial charge is 0.202 e. The third-order valence-corrected chi connectivity index (χ3v) is 4.28. The highest BCUT2D eigenvalue weighted by Crippen LogP contribution is 2.28.